The second kappa shape index (κ2) is 3.88. The Hall–Kier alpha value is -1.39. The van der Waals surface area contributed by atoms with Crippen molar-refractivity contribution in [1.29, 1.82) is 0 Å². The lowest BCUT2D eigenvalue weighted by atomic mass is 9.82. The van der Waals surface area contributed by atoms with Gasteiger partial charge in [-0.25, -0.2) is 0 Å². The SMILES string of the molecule is CC(=O)N1CCCC(C)(c2nnc(C)o2)C1. The van der Waals surface area contributed by atoms with Gasteiger partial charge in [0, 0.05) is 26.9 Å². The first-order chi connectivity index (χ1) is 7.51. The molecule has 2 rings (SSSR count). The van der Waals surface area contributed by atoms with Crippen molar-refractivity contribution in [2.45, 2.75) is 39.0 Å². The molecule has 0 saturated carbocycles. The van der Waals surface area contributed by atoms with Crippen LogP contribution >= 0.6 is 0 Å². The largest absolute Gasteiger partial charge is 0.425 e. The Kier molecular flexibility index (Phi) is 2.69. The van der Waals surface area contributed by atoms with Crippen molar-refractivity contribution >= 4 is 5.91 Å². The van der Waals surface area contributed by atoms with Gasteiger partial charge < -0.3 is 9.32 Å². The molecule has 2 heterocycles. The molecule has 5 heteroatoms. The van der Waals surface area contributed by atoms with Gasteiger partial charge in [-0.2, -0.15) is 0 Å². The molecular formula is C11H17N3O2. The van der Waals surface area contributed by atoms with Crippen molar-refractivity contribution in [3.8, 4) is 0 Å². The van der Waals surface area contributed by atoms with E-state index in [1.807, 2.05) is 4.90 Å². The van der Waals surface area contributed by atoms with Gasteiger partial charge in [0.05, 0.1) is 5.41 Å². The maximum Gasteiger partial charge on any atom is 0.224 e. The number of amides is 1. The smallest absolute Gasteiger partial charge is 0.224 e. The fraction of sp³-hybridized carbons (Fsp3) is 0.727. The molecule has 1 amide bonds. The number of rotatable bonds is 1. The minimum absolute atomic E-state index is 0.113. The van der Waals surface area contributed by atoms with E-state index in [9.17, 15) is 4.79 Å². The number of piperidine rings is 1. The zero-order valence-corrected chi connectivity index (χ0v) is 9.99. The van der Waals surface area contributed by atoms with Gasteiger partial charge in [0.15, 0.2) is 0 Å². The van der Waals surface area contributed by atoms with Crippen molar-refractivity contribution in [3.05, 3.63) is 11.8 Å². The molecule has 0 bridgehead atoms. The minimum atomic E-state index is -0.189. The average molecular weight is 223 g/mol. The summed E-state index contributed by atoms with van der Waals surface area (Å²) in [6, 6.07) is 0. The fourth-order valence-corrected chi connectivity index (χ4v) is 2.22. The van der Waals surface area contributed by atoms with Gasteiger partial charge in [-0.1, -0.05) is 0 Å². The second-order valence-corrected chi connectivity index (χ2v) is 4.73. The molecule has 1 fully saturated rings. The highest BCUT2D eigenvalue weighted by Gasteiger charge is 2.38. The predicted molar refractivity (Wildman–Crippen MR) is 57.9 cm³/mol. The first-order valence-electron chi connectivity index (χ1n) is 5.57. The van der Waals surface area contributed by atoms with E-state index < -0.39 is 0 Å². The summed E-state index contributed by atoms with van der Waals surface area (Å²) in [5, 5.41) is 7.94. The third-order valence-corrected chi connectivity index (χ3v) is 3.18. The molecule has 1 aromatic heterocycles. The Bertz CT molecular complexity index is 402. The summed E-state index contributed by atoms with van der Waals surface area (Å²) in [5.41, 5.74) is -0.189. The van der Waals surface area contributed by atoms with Gasteiger partial charge in [-0.15, -0.1) is 10.2 Å². The summed E-state index contributed by atoms with van der Waals surface area (Å²) in [4.78, 5) is 13.2. The summed E-state index contributed by atoms with van der Waals surface area (Å²) >= 11 is 0. The van der Waals surface area contributed by atoms with Crippen LogP contribution in [-0.4, -0.2) is 34.1 Å². The molecule has 0 N–H and O–H groups in total. The monoisotopic (exact) mass is 223 g/mol. The standard InChI is InChI=1S/C11H17N3O2/c1-8-12-13-10(16-8)11(3)5-4-6-14(7-11)9(2)15/h4-7H2,1-3H3. The number of hydrogen-bond acceptors (Lipinski definition) is 4. The van der Waals surface area contributed by atoms with E-state index in [0.717, 1.165) is 19.4 Å². The first kappa shape index (κ1) is 11.1. The van der Waals surface area contributed by atoms with E-state index in [1.165, 1.54) is 0 Å². The molecule has 0 aliphatic carbocycles. The van der Waals surface area contributed by atoms with Gasteiger partial charge in [-0.3, -0.25) is 4.79 Å². The normalized spacial score (nSPS) is 25.8. The van der Waals surface area contributed by atoms with Gasteiger partial charge in [0.1, 0.15) is 0 Å². The van der Waals surface area contributed by atoms with E-state index in [0.29, 0.717) is 18.3 Å². The minimum Gasteiger partial charge on any atom is -0.425 e. The molecule has 16 heavy (non-hydrogen) atoms. The van der Waals surface area contributed by atoms with E-state index in [-0.39, 0.29) is 11.3 Å². The number of carbonyl (C=O) groups is 1. The zero-order valence-electron chi connectivity index (χ0n) is 9.99. The predicted octanol–water partition coefficient (Wildman–Crippen LogP) is 1.28. The average Bonchev–Trinajstić information content (AvgIpc) is 2.65. The molecule has 1 aliphatic heterocycles. The molecule has 1 saturated heterocycles. The third kappa shape index (κ3) is 1.94. The lowest BCUT2D eigenvalue weighted by molar-refractivity contribution is -0.131. The highest BCUT2D eigenvalue weighted by Crippen LogP contribution is 2.32. The molecule has 1 aromatic rings. The van der Waals surface area contributed by atoms with Crippen molar-refractivity contribution < 1.29 is 9.21 Å². The molecule has 1 atom stereocenters. The third-order valence-electron chi connectivity index (χ3n) is 3.18. The zero-order chi connectivity index (χ0) is 11.8. The van der Waals surface area contributed by atoms with E-state index >= 15 is 0 Å². The summed E-state index contributed by atoms with van der Waals surface area (Å²) < 4.78 is 5.49. The summed E-state index contributed by atoms with van der Waals surface area (Å²) in [6.45, 7) is 6.97. The van der Waals surface area contributed by atoms with Gasteiger partial charge in [0.25, 0.3) is 0 Å². The van der Waals surface area contributed by atoms with Crippen molar-refractivity contribution in [2.75, 3.05) is 13.1 Å². The maximum atomic E-state index is 11.4. The number of aryl methyl sites for hydroxylation is 1. The Morgan fingerprint density at radius 3 is 2.81 bits per heavy atom. The quantitative estimate of drug-likeness (QED) is 0.719. The number of likely N-dealkylation sites (tertiary alicyclic amines) is 1. The number of hydrogen-bond donors (Lipinski definition) is 0. The molecule has 1 unspecified atom stereocenters. The van der Waals surface area contributed by atoms with Crippen LogP contribution in [0, 0.1) is 6.92 Å². The van der Waals surface area contributed by atoms with Crippen LogP contribution in [0.5, 0.6) is 0 Å². The highest BCUT2D eigenvalue weighted by molar-refractivity contribution is 5.73. The molecular weight excluding hydrogens is 206 g/mol. The fourth-order valence-electron chi connectivity index (χ4n) is 2.22. The van der Waals surface area contributed by atoms with Crippen LogP contribution in [0.1, 0.15) is 38.5 Å². The van der Waals surface area contributed by atoms with Gasteiger partial charge in [0.2, 0.25) is 17.7 Å². The molecule has 1 aliphatic rings. The summed E-state index contributed by atoms with van der Waals surface area (Å²) in [5.74, 6) is 1.34. The topological polar surface area (TPSA) is 59.2 Å². The molecule has 0 spiro atoms. The first-order valence-corrected chi connectivity index (χ1v) is 5.57. The van der Waals surface area contributed by atoms with Crippen molar-refractivity contribution in [3.63, 3.8) is 0 Å². The van der Waals surface area contributed by atoms with Crippen LogP contribution in [-0.2, 0) is 10.2 Å². The van der Waals surface area contributed by atoms with Gasteiger partial charge >= 0.3 is 0 Å². The number of carbonyl (C=O) groups excluding carboxylic acids is 1. The molecule has 88 valence electrons. The van der Waals surface area contributed by atoms with Crippen molar-refractivity contribution in [2.24, 2.45) is 0 Å². The van der Waals surface area contributed by atoms with E-state index in [2.05, 4.69) is 17.1 Å². The van der Waals surface area contributed by atoms with Crippen LogP contribution in [0.15, 0.2) is 4.42 Å². The van der Waals surface area contributed by atoms with E-state index in [4.69, 9.17) is 4.42 Å². The molecule has 0 aromatic carbocycles. The van der Waals surface area contributed by atoms with Crippen LogP contribution < -0.4 is 0 Å². The Labute approximate surface area is 94.8 Å². The summed E-state index contributed by atoms with van der Waals surface area (Å²) in [6.07, 6.45) is 1.97. The van der Waals surface area contributed by atoms with E-state index in [1.54, 1.807) is 13.8 Å². The maximum absolute atomic E-state index is 11.4. The molecule has 0 radical (unpaired) electrons. The van der Waals surface area contributed by atoms with Crippen molar-refractivity contribution in [1.82, 2.24) is 15.1 Å². The highest BCUT2D eigenvalue weighted by atomic mass is 16.4. The number of aromatic nitrogens is 2. The Morgan fingerprint density at radius 2 is 2.25 bits per heavy atom. The summed E-state index contributed by atoms with van der Waals surface area (Å²) in [7, 11) is 0. The van der Waals surface area contributed by atoms with Crippen LogP contribution in [0.2, 0.25) is 0 Å². The van der Waals surface area contributed by atoms with Gasteiger partial charge in [-0.05, 0) is 19.8 Å². The molecule has 5 nitrogen and oxygen atoms in total. The second-order valence-electron chi connectivity index (χ2n) is 4.73. The number of nitrogens with zero attached hydrogens (tertiary/aromatic N) is 3. The Morgan fingerprint density at radius 1 is 1.50 bits per heavy atom. The Balaban J connectivity index is 2.21. The lowest BCUT2D eigenvalue weighted by Gasteiger charge is -2.37. The lowest BCUT2D eigenvalue weighted by Crippen LogP contribution is -2.46. The van der Waals surface area contributed by atoms with Crippen LogP contribution in [0.4, 0.5) is 0 Å². The van der Waals surface area contributed by atoms with Crippen LogP contribution in [0.25, 0.3) is 0 Å². The van der Waals surface area contributed by atoms with Crippen LogP contribution in [0.3, 0.4) is 0 Å².